The molecule has 0 bridgehead atoms. The minimum atomic E-state index is -1.02. The van der Waals surface area contributed by atoms with Crippen molar-refractivity contribution in [1.29, 1.82) is 0 Å². The van der Waals surface area contributed by atoms with Gasteiger partial charge in [-0.3, -0.25) is 14.5 Å². The summed E-state index contributed by atoms with van der Waals surface area (Å²) in [6.07, 6.45) is 1.52. The Morgan fingerprint density at radius 3 is 2.65 bits per heavy atom. The summed E-state index contributed by atoms with van der Waals surface area (Å²) in [5.41, 5.74) is 2.66. The topological polar surface area (TPSA) is 111 Å². The Bertz CT molecular complexity index is 1930. The molecule has 2 atom stereocenters. The van der Waals surface area contributed by atoms with Crippen molar-refractivity contribution in [2.45, 2.75) is 62.8 Å². The van der Waals surface area contributed by atoms with Gasteiger partial charge in [0.25, 0.3) is 5.78 Å². The van der Waals surface area contributed by atoms with E-state index in [1.165, 1.54) is 28.0 Å². The van der Waals surface area contributed by atoms with Gasteiger partial charge in [-0.05, 0) is 85.3 Å². The van der Waals surface area contributed by atoms with Crippen LogP contribution in [0.5, 0.6) is 17.2 Å². The molecule has 4 aromatic rings. The van der Waals surface area contributed by atoms with Gasteiger partial charge in [-0.25, -0.2) is 0 Å². The van der Waals surface area contributed by atoms with Gasteiger partial charge in [-0.15, -0.1) is 10.2 Å². The maximum absolute atomic E-state index is 13.9. The summed E-state index contributed by atoms with van der Waals surface area (Å²) in [5, 5.41) is 21.7. The number of nitrogens with zero attached hydrogens (tertiary/aromatic N) is 3. The molecular formula is C36H35Cl2N3O6S2. The first kappa shape index (κ1) is 35.1. The Morgan fingerprint density at radius 2 is 1.90 bits per heavy atom. The van der Waals surface area contributed by atoms with Crippen molar-refractivity contribution >= 4 is 68.9 Å². The third kappa shape index (κ3) is 7.55. The maximum Gasteiger partial charge on any atom is 0.301 e. The van der Waals surface area contributed by atoms with Gasteiger partial charge in [0.1, 0.15) is 17.6 Å². The van der Waals surface area contributed by atoms with E-state index in [2.05, 4.69) is 24.0 Å². The van der Waals surface area contributed by atoms with Crippen LogP contribution in [0.3, 0.4) is 0 Å². The molecule has 6 rings (SSSR count). The van der Waals surface area contributed by atoms with Crippen LogP contribution in [0.15, 0.2) is 64.5 Å². The lowest BCUT2D eigenvalue weighted by Gasteiger charge is -2.24. The number of Topliss-reactive ketones (excluding diaryl/α,β-unsaturated/α-hetero) is 1. The lowest BCUT2D eigenvalue weighted by Crippen LogP contribution is -2.29. The fraction of sp³-hybridized carbons (Fsp3) is 0.333. The number of aliphatic hydroxyl groups is 1. The van der Waals surface area contributed by atoms with E-state index in [-0.39, 0.29) is 22.6 Å². The van der Waals surface area contributed by atoms with Gasteiger partial charge < -0.3 is 19.3 Å². The predicted molar refractivity (Wildman–Crippen MR) is 194 cm³/mol. The number of hydrogen-bond acceptors (Lipinski definition) is 10. The van der Waals surface area contributed by atoms with Crippen LogP contribution in [0.4, 0.5) is 5.13 Å². The number of carbonyl (C=O) groups is 2. The molecule has 1 aromatic heterocycles. The number of anilines is 1. The summed E-state index contributed by atoms with van der Waals surface area (Å²) in [5.74, 6) is 0.742. The van der Waals surface area contributed by atoms with E-state index in [1.807, 2.05) is 19.9 Å². The summed E-state index contributed by atoms with van der Waals surface area (Å²) in [6.45, 7) is 8.95. The summed E-state index contributed by atoms with van der Waals surface area (Å²) in [4.78, 5) is 29.0. The van der Waals surface area contributed by atoms with Crippen molar-refractivity contribution in [3.8, 4) is 17.2 Å². The van der Waals surface area contributed by atoms with E-state index in [4.69, 9.17) is 37.4 Å². The molecule has 0 spiro atoms. The highest BCUT2D eigenvalue weighted by atomic mass is 35.5. The van der Waals surface area contributed by atoms with E-state index in [0.29, 0.717) is 68.3 Å². The third-order valence-electron chi connectivity index (χ3n) is 8.12. The molecule has 0 saturated carbocycles. The Labute approximate surface area is 303 Å². The van der Waals surface area contributed by atoms with Gasteiger partial charge in [0, 0.05) is 27.8 Å². The van der Waals surface area contributed by atoms with Gasteiger partial charge >= 0.3 is 5.91 Å². The van der Waals surface area contributed by atoms with Crippen LogP contribution in [0, 0.1) is 5.92 Å². The van der Waals surface area contributed by atoms with E-state index in [0.717, 1.165) is 23.3 Å². The van der Waals surface area contributed by atoms with Crippen molar-refractivity contribution in [3.63, 3.8) is 0 Å². The molecular weight excluding hydrogens is 705 g/mol. The van der Waals surface area contributed by atoms with Crippen LogP contribution in [-0.4, -0.2) is 46.3 Å². The van der Waals surface area contributed by atoms with Gasteiger partial charge in [0.15, 0.2) is 15.8 Å². The molecule has 0 radical (unpaired) electrons. The van der Waals surface area contributed by atoms with Crippen LogP contribution in [0.2, 0.25) is 10.0 Å². The second-order valence-electron chi connectivity index (χ2n) is 12.2. The zero-order valence-corrected chi connectivity index (χ0v) is 30.5. The molecule has 256 valence electrons. The summed E-state index contributed by atoms with van der Waals surface area (Å²) >= 11 is 15.0. The highest BCUT2D eigenvalue weighted by Crippen LogP contribution is 2.46. The minimum Gasteiger partial charge on any atom is -0.507 e. The molecule has 1 N–H and O–H groups in total. The van der Waals surface area contributed by atoms with E-state index in [1.54, 1.807) is 48.5 Å². The fourth-order valence-electron chi connectivity index (χ4n) is 5.69. The van der Waals surface area contributed by atoms with Crippen LogP contribution < -0.4 is 19.1 Å². The van der Waals surface area contributed by atoms with Gasteiger partial charge in [-0.1, -0.05) is 72.3 Å². The monoisotopic (exact) mass is 739 g/mol. The highest BCUT2D eigenvalue weighted by molar-refractivity contribution is 8.00. The summed E-state index contributed by atoms with van der Waals surface area (Å²) < 4.78 is 18.4. The van der Waals surface area contributed by atoms with Crippen LogP contribution in [0.25, 0.3) is 5.76 Å². The number of aromatic nitrogens is 2. The third-order valence-corrected chi connectivity index (χ3v) is 10.8. The lowest BCUT2D eigenvalue weighted by molar-refractivity contribution is -0.132. The molecule has 2 unspecified atom stereocenters. The van der Waals surface area contributed by atoms with E-state index in [9.17, 15) is 14.7 Å². The number of halogens is 2. The first-order valence-corrected chi connectivity index (χ1v) is 18.5. The normalized spacial score (nSPS) is 18.2. The fourth-order valence-corrected chi connectivity index (χ4v) is 8.12. The van der Waals surface area contributed by atoms with E-state index < -0.39 is 17.7 Å². The second-order valence-corrected chi connectivity index (χ2v) is 15.2. The maximum atomic E-state index is 13.9. The van der Waals surface area contributed by atoms with Crippen LogP contribution in [0.1, 0.15) is 62.4 Å². The predicted octanol–water partition coefficient (Wildman–Crippen LogP) is 8.91. The Balaban J connectivity index is 1.40. The molecule has 2 aliphatic rings. The molecule has 49 heavy (non-hydrogen) atoms. The number of aliphatic hydroxyl groups excluding tert-OH is 1. The first-order chi connectivity index (χ1) is 23.5. The number of hydrogen-bond donors (Lipinski definition) is 1. The molecule has 1 saturated heterocycles. The van der Waals surface area contributed by atoms with Crippen molar-refractivity contribution in [2.24, 2.45) is 5.92 Å². The standard InChI is InChI=1S/C36H35Cl2N3O6S2/c1-5-45-29-16-21(7-11-28(29)46-13-12-19(2)3)31-30(32(42)22-8-10-27-24(15-22)14-20(4)47-27)33(43)34(44)41(31)35-39-40-36(49-35)48-18-23-6-9-25(37)17-26(23)38/h6-11,15-17,19-20,31,42H,5,12-14,18H2,1-4H3. The number of thioether (sulfide) groups is 1. The zero-order chi connectivity index (χ0) is 34.8. The number of rotatable bonds is 12. The lowest BCUT2D eigenvalue weighted by atomic mass is 9.94. The number of benzene rings is 3. The molecule has 2 aliphatic heterocycles. The summed E-state index contributed by atoms with van der Waals surface area (Å²) in [6, 6.07) is 14.8. The minimum absolute atomic E-state index is 0.00331. The number of ether oxygens (including phenoxy) is 3. The van der Waals surface area contributed by atoms with Crippen LogP contribution >= 0.6 is 46.3 Å². The number of ketones is 1. The highest BCUT2D eigenvalue weighted by Gasteiger charge is 2.48. The quantitative estimate of drug-likeness (QED) is 0.0501. The second kappa shape index (κ2) is 15.0. The van der Waals surface area contributed by atoms with Crippen LogP contribution in [-0.2, 0) is 21.8 Å². The SMILES string of the molecule is CCOc1cc(C2C(=C(O)c3ccc4c(c3)CC(C)O4)C(=O)C(=O)N2c2nnc(SCc3ccc(Cl)cc3Cl)s2)ccc1OCCC(C)C. The molecule has 13 heteroatoms. The Morgan fingerprint density at radius 1 is 1.08 bits per heavy atom. The number of amides is 1. The number of fused-ring (bicyclic) bond motifs is 1. The molecule has 3 heterocycles. The van der Waals surface area contributed by atoms with Crippen molar-refractivity contribution < 1.29 is 28.9 Å². The molecule has 3 aromatic carbocycles. The van der Waals surface area contributed by atoms with Crippen molar-refractivity contribution in [3.05, 3.63) is 92.5 Å². The smallest absolute Gasteiger partial charge is 0.301 e. The average Bonchev–Trinajstić information content (AvgIpc) is 3.75. The average molecular weight is 741 g/mol. The zero-order valence-electron chi connectivity index (χ0n) is 27.4. The van der Waals surface area contributed by atoms with Crippen molar-refractivity contribution in [1.82, 2.24) is 10.2 Å². The van der Waals surface area contributed by atoms with Crippen molar-refractivity contribution in [2.75, 3.05) is 18.1 Å². The van der Waals surface area contributed by atoms with Gasteiger partial charge in [-0.2, -0.15) is 0 Å². The molecule has 9 nitrogen and oxygen atoms in total. The molecule has 1 amide bonds. The van der Waals surface area contributed by atoms with Gasteiger partial charge in [0.05, 0.1) is 24.8 Å². The number of carbonyl (C=O) groups excluding carboxylic acids is 2. The molecule has 1 fully saturated rings. The van der Waals surface area contributed by atoms with Gasteiger partial charge in [0.2, 0.25) is 5.13 Å². The largest absolute Gasteiger partial charge is 0.507 e. The Hall–Kier alpha value is -3.77. The Kier molecular flexibility index (Phi) is 10.7. The molecule has 0 aliphatic carbocycles. The first-order valence-electron chi connectivity index (χ1n) is 15.9. The van der Waals surface area contributed by atoms with E-state index >= 15 is 0 Å². The summed E-state index contributed by atoms with van der Waals surface area (Å²) in [7, 11) is 0.